The van der Waals surface area contributed by atoms with Gasteiger partial charge in [0, 0.05) is 9.85 Å². The fraction of sp³-hybridized carbons (Fsp3) is 0. The van der Waals surface area contributed by atoms with E-state index in [-0.39, 0.29) is 25.5 Å². The second-order valence-electron chi connectivity index (χ2n) is 3.78. The Balaban J connectivity index is 2.37. The number of sulfonamides is 1. The van der Waals surface area contributed by atoms with Crippen molar-refractivity contribution in [1.82, 2.24) is 0 Å². The third-order valence-electron chi connectivity index (χ3n) is 2.38. The van der Waals surface area contributed by atoms with Crippen molar-refractivity contribution in [3.63, 3.8) is 0 Å². The SMILES string of the molecule is O=C(O)c1cc(S(=O)(=O)Nc2ccc(Br)c(Cl)c2Cl)cs1. The number of carboxylic acid groups (broad SMARTS) is 1. The first-order valence-electron chi connectivity index (χ1n) is 5.20. The minimum Gasteiger partial charge on any atom is -0.477 e. The van der Waals surface area contributed by atoms with Crippen molar-refractivity contribution in [2.75, 3.05) is 4.72 Å². The molecule has 0 bridgehead atoms. The van der Waals surface area contributed by atoms with Crippen LogP contribution in [0, 0.1) is 0 Å². The van der Waals surface area contributed by atoms with Crippen LogP contribution in [0.5, 0.6) is 0 Å². The summed E-state index contributed by atoms with van der Waals surface area (Å²) in [5.41, 5.74) is 0.105. The molecule has 0 aliphatic heterocycles. The van der Waals surface area contributed by atoms with E-state index in [0.29, 0.717) is 4.47 Å². The number of nitrogens with one attached hydrogen (secondary N) is 1. The van der Waals surface area contributed by atoms with Crippen LogP contribution in [-0.4, -0.2) is 19.5 Å². The molecule has 0 radical (unpaired) electrons. The lowest BCUT2D eigenvalue weighted by molar-refractivity contribution is 0.0702. The normalized spacial score (nSPS) is 11.4. The lowest BCUT2D eigenvalue weighted by atomic mass is 10.3. The van der Waals surface area contributed by atoms with Gasteiger partial charge in [-0.2, -0.15) is 0 Å². The molecule has 0 atom stereocenters. The number of carbonyl (C=O) groups is 1. The Hall–Kier alpha value is -0.800. The van der Waals surface area contributed by atoms with E-state index < -0.39 is 16.0 Å². The van der Waals surface area contributed by atoms with E-state index in [1.807, 2.05) is 0 Å². The number of thiophene rings is 1. The Morgan fingerprint density at radius 3 is 2.52 bits per heavy atom. The van der Waals surface area contributed by atoms with Gasteiger partial charge in [0.25, 0.3) is 10.0 Å². The topological polar surface area (TPSA) is 83.5 Å². The van der Waals surface area contributed by atoms with Crippen LogP contribution in [-0.2, 0) is 10.0 Å². The highest BCUT2D eigenvalue weighted by Crippen LogP contribution is 2.36. The average Bonchev–Trinajstić information content (AvgIpc) is 2.90. The van der Waals surface area contributed by atoms with Crippen molar-refractivity contribution < 1.29 is 18.3 Å². The molecule has 0 spiro atoms. The molecule has 21 heavy (non-hydrogen) atoms. The van der Waals surface area contributed by atoms with E-state index in [9.17, 15) is 13.2 Å². The maximum atomic E-state index is 12.2. The van der Waals surface area contributed by atoms with Crippen molar-refractivity contribution >= 4 is 72.1 Å². The van der Waals surface area contributed by atoms with Crippen molar-refractivity contribution in [3.05, 3.63) is 43.0 Å². The van der Waals surface area contributed by atoms with Gasteiger partial charge in [-0.3, -0.25) is 4.72 Å². The molecule has 112 valence electrons. The largest absolute Gasteiger partial charge is 0.477 e. The molecule has 0 saturated heterocycles. The van der Waals surface area contributed by atoms with Crippen LogP contribution < -0.4 is 4.72 Å². The quantitative estimate of drug-likeness (QED) is 0.707. The molecule has 0 aliphatic rings. The van der Waals surface area contributed by atoms with Gasteiger partial charge >= 0.3 is 5.97 Å². The first kappa shape index (κ1) is 16.6. The van der Waals surface area contributed by atoms with Gasteiger partial charge in [0.2, 0.25) is 0 Å². The summed E-state index contributed by atoms with van der Waals surface area (Å²) in [6.07, 6.45) is 0. The molecule has 1 aromatic heterocycles. The second-order valence-corrected chi connectivity index (χ2v) is 7.98. The zero-order chi connectivity index (χ0) is 15.8. The Bertz CT molecular complexity index is 820. The summed E-state index contributed by atoms with van der Waals surface area (Å²) < 4.78 is 27.2. The molecule has 2 rings (SSSR count). The number of rotatable bonds is 4. The van der Waals surface area contributed by atoms with Gasteiger partial charge in [0.05, 0.1) is 20.6 Å². The van der Waals surface area contributed by atoms with Gasteiger partial charge in [-0.15, -0.1) is 11.3 Å². The Labute approximate surface area is 142 Å². The van der Waals surface area contributed by atoms with Crippen molar-refractivity contribution in [3.8, 4) is 0 Å². The van der Waals surface area contributed by atoms with Gasteiger partial charge in [0.1, 0.15) is 4.88 Å². The zero-order valence-corrected chi connectivity index (χ0v) is 14.7. The van der Waals surface area contributed by atoms with E-state index >= 15 is 0 Å². The fourth-order valence-electron chi connectivity index (χ4n) is 1.38. The summed E-state index contributed by atoms with van der Waals surface area (Å²) in [5.74, 6) is -1.19. The van der Waals surface area contributed by atoms with Crippen LogP contribution in [0.1, 0.15) is 9.67 Å². The molecular weight excluding hydrogens is 425 g/mol. The number of benzene rings is 1. The van der Waals surface area contributed by atoms with Crippen LogP contribution >= 0.6 is 50.5 Å². The lowest BCUT2D eigenvalue weighted by Crippen LogP contribution is -2.12. The van der Waals surface area contributed by atoms with E-state index in [2.05, 4.69) is 20.7 Å². The Morgan fingerprint density at radius 2 is 1.95 bits per heavy atom. The molecule has 1 aromatic carbocycles. The van der Waals surface area contributed by atoms with Crippen LogP contribution in [0.25, 0.3) is 0 Å². The Kier molecular flexibility index (Phi) is 4.84. The summed E-state index contributed by atoms with van der Waals surface area (Å²) in [6, 6.07) is 4.06. The molecule has 0 amide bonds. The van der Waals surface area contributed by atoms with Gasteiger partial charge in [-0.05, 0) is 34.1 Å². The third kappa shape index (κ3) is 3.51. The van der Waals surface area contributed by atoms with E-state index in [1.165, 1.54) is 11.4 Å². The molecule has 0 saturated carbocycles. The third-order valence-corrected chi connectivity index (χ3v) is 6.56. The van der Waals surface area contributed by atoms with Crippen LogP contribution in [0.3, 0.4) is 0 Å². The molecule has 2 aromatic rings. The van der Waals surface area contributed by atoms with Gasteiger partial charge in [0.15, 0.2) is 0 Å². The molecule has 0 aliphatic carbocycles. The molecule has 10 heteroatoms. The monoisotopic (exact) mass is 429 g/mol. The first-order chi connectivity index (χ1) is 9.72. The van der Waals surface area contributed by atoms with E-state index in [4.69, 9.17) is 28.3 Å². The summed E-state index contributed by atoms with van der Waals surface area (Å²) in [6.45, 7) is 0. The average molecular weight is 431 g/mol. The Morgan fingerprint density at radius 1 is 1.29 bits per heavy atom. The van der Waals surface area contributed by atoms with E-state index in [0.717, 1.165) is 17.4 Å². The van der Waals surface area contributed by atoms with Crippen molar-refractivity contribution in [1.29, 1.82) is 0 Å². The number of hydrogen-bond acceptors (Lipinski definition) is 4. The first-order valence-corrected chi connectivity index (χ1v) is 9.11. The summed E-state index contributed by atoms with van der Waals surface area (Å²) in [4.78, 5) is 10.6. The smallest absolute Gasteiger partial charge is 0.345 e. The molecule has 0 fully saturated rings. The highest BCUT2D eigenvalue weighted by atomic mass is 79.9. The minimum atomic E-state index is -3.94. The maximum absolute atomic E-state index is 12.2. The van der Waals surface area contributed by atoms with Gasteiger partial charge in [-0.25, -0.2) is 13.2 Å². The standard InChI is InChI=1S/C11H6BrCl2NO4S2/c12-6-1-2-7(10(14)9(6)13)15-21(18,19)5-3-8(11(16)17)20-4-5/h1-4,15H,(H,16,17). The molecule has 1 heterocycles. The number of halogens is 3. The summed E-state index contributed by atoms with van der Waals surface area (Å²) in [5, 5.41) is 10.3. The van der Waals surface area contributed by atoms with Crippen molar-refractivity contribution in [2.24, 2.45) is 0 Å². The number of anilines is 1. The molecular formula is C11H6BrCl2NO4S2. The lowest BCUT2D eigenvalue weighted by Gasteiger charge is -2.10. The molecule has 0 unspecified atom stereocenters. The van der Waals surface area contributed by atoms with Crippen molar-refractivity contribution in [2.45, 2.75) is 4.90 Å². The predicted molar refractivity (Wildman–Crippen MR) is 86.2 cm³/mol. The van der Waals surface area contributed by atoms with E-state index in [1.54, 1.807) is 6.07 Å². The summed E-state index contributed by atoms with van der Waals surface area (Å²) >= 11 is 15.9. The maximum Gasteiger partial charge on any atom is 0.345 e. The van der Waals surface area contributed by atoms with Gasteiger partial charge in [-0.1, -0.05) is 23.2 Å². The predicted octanol–water partition coefficient (Wildman–Crippen LogP) is 4.32. The number of carboxylic acids is 1. The molecule has 2 N–H and O–H groups in total. The van der Waals surface area contributed by atoms with Gasteiger partial charge < -0.3 is 5.11 Å². The second kappa shape index (κ2) is 6.13. The van der Waals surface area contributed by atoms with Crippen LogP contribution in [0.4, 0.5) is 5.69 Å². The zero-order valence-electron chi connectivity index (χ0n) is 9.93. The number of aromatic carboxylic acids is 1. The minimum absolute atomic E-state index is 0.0447. The fourth-order valence-corrected chi connectivity index (χ4v) is 4.44. The highest BCUT2D eigenvalue weighted by Gasteiger charge is 2.20. The molecule has 5 nitrogen and oxygen atoms in total. The number of hydrogen-bond donors (Lipinski definition) is 2. The van der Waals surface area contributed by atoms with Crippen LogP contribution in [0.15, 0.2) is 32.9 Å². The summed E-state index contributed by atoms with van der Waals surface area (Å²) in [7, 11) is -3.94. The van der Waals surface area contributed by atoms with Crippen LogP contribution in [0.2, 0.25) is 10.0 Å². The highest BCUT2D eigenvalue weighted by molar-refractivity contribution is 9.10.